The lowest BCUT2D eigenvalue weighted by Crippen LogP contribution is -2.51. The Bertz CT molecular complexity index is 1390. The van der Waals surface area contributed by atoms with Crippen molar-refractivity contribution in [3.05, 3.63) is 82.2 Å². The average molecular weight is 673 g/mol. The molecule has 258 valence electrons. The van der Waals surface area contributed by atoms with Crippen molar-refractivity contribution < 1.29 is 37.7 Å². The Morgan fingerprint density at radius 2 is 1.38 bits per heavy atom. The van der Waals surface area contributed by atoms with E-state index in [-0.39, 0.29) is 32.4 Å². The van der Waals surface area contributed by atoms with Crippen LogP contribution >= 0.6 is 7.37 Å². The molecular weight excluding hydrogens is 623 g/mol. The van der Waals surface area contributed by atoms with Crippen molar-refractivity contribution >= 4 is 25.4 Å². The first kappa shape index (κ1) is 39.3. The molecule has 0 aromatic heterocycles. The van der Waals surface area contributed by atoms with E-state index >= 15 is 4.57 Å². The van der Waals surface area contributed by atoms with Crippen molar-refractivity contribution in [2.45, 2.75) is 104 Å². The molecule has 13 heteroatoms. The molecule has 0 aliphatic heterocycles. The molecule has 0 saturated carbocycles. The first-order valence-corrected chi connectivity index (χ1v) is 17.5. The second kappa shape index (κ2) is 17.3. The van der Waals surface area contributed by atoms with Gasteiger partial charge in [0.25, 0.3) is 0 Å². The zero-order valence-electron chi connectivity index (χ0n) is 28.7. The molecule has 2 aromatic rings. The van der Waals surface area contributed by atoms with Gasteiger partial charge in [-0.1, -0.05) is 65.8 Å². The standard InChI is InChI=1S/C34H49N4O8P/c1-25(2)46-47(42,28(22-26-16-11-9-12-17-26)37-31(41)43-23-27-18-13-10-14-19-27)24-34(20-15-21-36-38-35,29(39)44-32(3,4)5)30(40)45-33(6,7)8/h9-14,16-19,25,28H,15,20-24H2,1-8H3,(H,37,41). The quantitative estimate of drug-likeness (QED) is 0.0274. The second-order valence-electron chi connectivity index (χ2n) is 13.6. The van der Waals surface area contributed by atoms with Gasteiger partial charge in [0.05, 0.1) is 12.3 Å². The number of carbonyl (C=O) groups is 3. The van der Waals surface area contributed by atoms with Gasteiger partial charge in [-0.05, 0) is 84.9 Å². The van der Waals surface area contributed by atoms with Gasteiger partial charge in [-0.3, -0.25) is 14.2 Å². The van der Waals surface area contributed by atoms with E-state index in [2.05, 4.69) is 15.3 Å². The van der Waals surface area contributed by atoms with E-state index in [9.17, 15) is 14.4 Å². The fraction of sp³-hybridized carbons (Fsp3) is 0.559. The van der Waals surface area contributed by atoms with Crippen molar-refractivity contribution in [2.75, 3.05) is 12.7 Å². The third kappa shape index (κ3) is 13.4. The Hall–Kier alpha value is -3.85. The Morgan fingerprint density at radius 3 is 1.85 bits per heavy atom. The van der Waals surface area contributed by atoms with Crippen LogP contribution in [0, 0.1) is 5.41 Å². The third-order valence-electron chi connectivity index (χ3n) is 6.63. The van der Waals surface area contributed by atoms with E-state index in [1.165, 1.54) is 0 Å². The number of ether oxygens (including phenoxy) is 3. The maximum atomic E-state index is 15.4. The van der Waals surface area contributed by atoms with Gasteiger partial charge in [0.15, 0.2) is 5.41 Å². The van der Waals surface area contributed by atoms with Crippen molar-refractivity contribution in [3.8, 4) is 0 Å². The van der Waals surface area contributed by atoms with Crippen LogP contribution in [0.1, 0.15) is 79.4 Å². The molecule has 12 nitrogen and oxygen atoms in total. The number of alkyl carbamates (subject to hydrolysis) is 1. The number of nitrogens with one attached hydrogen (secondary N) is 1. The molecule has 0 aliphatic carbocycles. The van der Waals surface area contributed by atoms with E-state index in [4.69, 9.17) is 24.3 Å². The van der Waals surface area contributed by atoms with Crippen LogP contribution < -0.4 is 5.32 Å². The fourth-order valence-electron chi connectivity index (χ4n) is 4.72. The van der Waals surface area contributed by atoms with E-state index in [0.717, 1.165) is 11.1 Å². The molecule has 0 spiro atoms. The fourth-order valence-corrected chi connectivity index (χ4v) is 7.84. The molecule has 0 fully saturated rings. The normalized spacial score (nSPS) is 13.9. The molecule has 2 unspecified atom stereocenters. The number of nitrogens with zero attached hydrogens (tertiary/aromatic N) is 3. The number of azide groups is 1. The van der Waals surface area contributed by atoms with Crippen molar-refractivity contribution in [3.63, 3.8) is 0 Å². The van der Waals surface area contributed by atoms with Crippen molar-refractivity contribution in [1.29, 1.82) is 0 Å². The molecule has 2 aromatic carbocycles. The van der Waals surface area contributed by atoms with Crippen LogP contribution in [0.15, 0.2) is 65.8 Å². The first-order chi connectivity index (χ1) is 21.9. The van der Waals surface area contributed by atoms with Gasteiger partial charge in [0.1, 0.15) is 23.6 Å². The molecule has 0 heterocycles. The molecule has 1 amide bonds. The molecule has 0 bridgehead atoms. The summed E-state index contributed by atoms with van der Waals surface area (Å²) in [5.41, 5.74) is 6.14. The zero-order chi connectivity index (χ0) is 35.3. The monoisotopic (exact) mass is 672 g/mol. The maximum Gasteiger partial charge on any atom is 0.408 e. The Balaban J connectivity index is 2.71. The Labute approximate surface area is 278 Å². The average Bonchev–Trinajstić information content (AvgIpc) is 2.96. The van der Waals surface area contributed by atoms with Gasteiger partial charge >= 0.3 is 18.0 Å². The predicted molar refractivity (Wildman–Crippen MR) is 180 cm³/mol. The van der Waals surface area contributed by atoms with E-state index in [0.29, 0.717) is 0 Å². The summed E-state index contributed by atoms with van der Waals surface area (Å²) in [6, 6.07) is 18.1. The lowest BCUT2D eigenvalue weighted by atomic mass is 9.84. The Morgan fingerprint density at radius 1 is 0.872 bits per heavy atom. The minimum atomic E-state index is -4.23. The number of amides is 1. The largest absolute Gasteiger partial charge is 0.459 e. The predicted octanol–water partition coefficient (Wildman–Crippen LogP) is 7.95. The minimum absolute atomic E-state index is 0.0305. The number of carbonyl (C=O) groups excluding carboxylic acids is 3. The second-order valence-corrected chi connectivity index (χ2v) is 16.2. The minimum Gasteiger partial charge on any atom is -0.459 e. The lowest BCUT2D eigenvalue weighted by Gasteiger charge is -2.39. The number of hydrogen-bond acceptors (Lipinski definition) is 9. The van der Waals surface area contributed by atoms with Crippen LogP contribution in [0.3, 0.4) is 0 Å². The molecule has 2 rings (SSSR count). The topological polar surface area (TPSA) is 166 Å². The molecule has 2 atom stereocenters. The van der Waals surface area contributed by atoms with Crippen LogP contribution in [0.2, 0.25) is 0 Å². The first-order valence-electron chi connectivity index (χ1n) is 15.7. The summed E-state index contributed by atoms with van der Waals surface area (Å²) in [5, 5.41) is 6.30. The van der Waals surface area contributed by atoms with Crippen LogP contribution in [0.4, 0.5) is 4.79 Å². The van der Waals surface area contributed by atoms with Gasteiger partial charge in [-0.25, -0.2) is 4.79 Å². The van der Waals surface area contributed by atoms with Gasteiger partial charge < -0.3 is 24.1 Å². The van der Waals surface area contributed by atoms with Crippen molar-refractivity contribution in [1.82, 2.24) is 5.32 Å². The van der Waals surface area contributed by atoms with Gasteiger partial charge in [0, 0.05) is 17.9 Å². The highest BCUT2D eigenvalue weighted by Gasteiger charge is 2.57. The van der Waals surface area contributed by atoms with Gasteiger partial charge in [0.2, 0.25) is 7.37 Å². The summed E-state index contributed by atoms with van der Waals surface area (Å²) in [5.74, 6) is -3.15. The van der Waals surface area contributed by atoms with E-state index < -0.39 is 60.1 Å². The molecule has 0 aliphatic rings. The van der Waals surface area contributed by atoms with Crippen LogP contribution in [-0.4, -0.2) is 53.8 Å². The number of rotatable bonds is 16. The molecular formula is C34H49N4O8P. The number of hydrogen-bond donors (Lipinski definition) is 1. The Kier molecular flexibility index (Phi) is 14.5. The lowest BCUT2D eigenvalue weighted by molar-refractivity contribution is -0.184. The molecule has 47 heavy (non-hydrogen) atoms. The van der Waals surface area contributed by atoms with Crippen molar-refractivity contribution in [2.24, 2.45) is 10.5 Å². The van der Waals surface area contributed by atoms with Crippen LogP contribution in [0.25, 0.3) is 10.4 Å². The van der Waals surface area contributed by atoms with Gasteiger partial charge in [-0.15, -0.1) is 0 Å². The zero-order valence-corrected chi connectivity index (χ0v) is 29.6. The highest BCUT2D eigenvalue weighted by Crippen LogP contribution is 2.58. The molecule has 0 radical (unpaired) electrons. The highest BCUT2D eigenvalue weighted by atomic mass is 31.2. The van der Waals surface area contributed by atoms with Gasteiger partial charge in [-0.2, -0.15) is 0 Å². The third-order valence-corrected chi connectivity index (χ3v) is 9.65. The summed E-state index contributed by atoms with van der Waals surface area (Å²) in [4.78, 5) is 44.4. The SMILES string of the molecule is CC(C)OP(=O)(CC(CCCN=[N+]=[N-])(C(=O)OC(C)(C)C)C(=O)OC(C)(C)C)C(Cc1ccccc1)NC(=O)OCc1ccccc1. The van der Waals surface area contributed by atoms with E-state index in [1.807, 2.05) is 24.3 Å². The summed E-state index contributed by atoms with van der Waals surface area (Å²) in [6.07, 6.45) is -2.28. The maximum absolute atomic E-state index is 15.4. The van der Waals surface area contributed by atoms with Crippen LogP contribution in [0.5, 0.6) is 0 Å². The highest BCUT2D eigenvalue weighted by molar-refractivity contribution is 7.59. The summed E-state index contributed by atoms with van der Waals surface area (Å²) >= 11 is 0. The summed E-state index contributed by atoms with van der Waals surface area (Å²) in [7, 11) is -4.23. The molecule has 0 saturated heterocycles. The molecule has 1 N–H and O–H groups in total. The summed E-state index contributed by atoms with van der Waals surface area (Å²) in [6.45, 7) is 13.2. The summed E-state index contributed by atoms with van der Waals surface area (Å²) < 4.78 is 38.6. The smallest absolute Gasteiger partial charge is 0.408 e. The van der Waals surface area contributed by atoms with Crippen LogP contribution in [-0.2, 0) is 45.9 Å². The number of esters is 2. The van der Waals surface area contributed by atoms with E-state index in [1.54, 1.807) is 91.8 Å². The number of benzene rings is 2.